The highest BCUT2D eigenvalue weighted by Crippen LogP contribution is 2.24. The minimum absolute atomic E-state index is 0.181. The molecule has 0 radical (unpaired) electrons. The summed E-state index contributed by atoms with van der Waals surface area (Å²) in [5.41, 5.74) is 0.407. The summed E-state index contributed by atoms with van der Waals surface area (Å²) in [6.07, 6.45) is 0.112. The zero-order valence-corrected chi connectivity index (χ0v) is 12.2. The second-order valence-corrected chi connectivity index (χ2v) is 5.35. The highest BCUT2D eigenvalue weighted by atomic mass is 35.5. The van der Waals surface area contributed by atoms with Crippen LogP contribution < -0.4 is 5.32 Å². The first-order valence-corrected chi connectivity index (χ1v) is 6.57. The molecule has 0 aliphatic carbocycles. The summed E-state index contributed by atoms with van der Waals surface area (Å²) in [5, 5.41) is 13.0. The number of nitrogens with one attached hydrogen (secondary N) is 1. The number of nitrogens with zero attached hydrogens (tertiary/aromatic N) is 1. The van der Waals surface area contributed by atoms with Gasteiger partial charge in [0.2, 0.25) is 0 Å². The zero-order valence-electron chi connectivity index (χ0n) is 10.7. The highest BCUT2D eigenvalue weighted by molar-refractivity contribution is 6.41. The van der Waals surface area contributed by atoms with Crippen molar-refractivity contribution in [3.63, 3.8) is 0 Å². The third-order valence-electron chi connectivity index (χ3n) is 2.84. The smallest absolute Gasteiger partial charge is 0.267 e. The monoisotopic (exact) mass is 292 g/mol. The van der Waals surface area contributed by atoms with Gasteiger partial charge in [-0.15, -0.1) is 0 Å². The molecule has 2 N–H and O–H groups in total. The van der Waals surface area contributed by atoms with Gasteiger partial charge < -0.3 is 15.0 Å². The number of aromatic nitrogens is 1. The maximum atomic E-state index is 11.9. The van der Waals surface area contributed by atoms with E-state index < -0.39 is 6.10 Å². The van der Waals surface area contributed by atoms with Crippen LogP contribution in [0.2, 0.25) is 10.2 Å². The molecule has 1 aromatic rings. The summed E-state index contributed by atoms with van der Waals surface area (Å²) in [4.78, 5) is 11.9. The van der Waals surface area contributed by atoms with E-state index in [0.29, 0.717) is 28.8 Å². The lowest BCUT2D eigenvalue weighted by Crippen LogP contribution is -2.29. The molecule has 0 fully saturated rings. The summed E-state index contributed by atoms with van der Waals surface area (Å²) in [6.45, 7) is 4.28. The van der Waals surface area contributed by atoms with Crippen molar-refractivity contribution in [2.75, 3.05) is 6.54 Å². The van der Waals surface area contributed by atoms with Crippen molar-refractivity contribution in [2.24, 2.45) is 13.0 Å². The van der Waals surface area contributed by atoms with E-state index in [-0.39, 0.29) is 11.8 Å². The minimum atomic E-state index is -0.411. The first-order chi connectivity index (χ1) is 8.34. The number of halogens is 2. The van der Waals surface area contributed by atoms with Crippen LogP contribution in [0.5, 0.6) is 0 Å². The van der Waals surface area contributed by atoms with E-state index in [1.54, 1.807) is 7.05 Å². The number of carbonyl (C=O) groups is 1. The molecule has 18 heavy (non-hydrogen) atoms. The van der Waals surface area contributed by atoms with Gasteiger partial charge in [0.05, 0.1) is 11.1 Å². The van der Waals surface area contributed by atoms with E-state index in [4.69, 9.17) is 23.2 Å². The third kappa shape index (κ3) is 3.64. The molecule has 1 amide bonds. The molecule has 102 valence electrons. The molecule has 6 heteroatoms. The molecule has 0 aliphatic heterocycles. The van der Waals surface area contributed by atoms with Crippen molar-refractivity contribution in [1.29, 1.82) is 0 Å². The fraction of sp³-hybridized carbons (Fsp3) is 0.583. The molecule has 1 rings (SSSR count). The van der Waals surface area contributed by atoms with Gasteiger partial charge in [0, 0.05) is 13.6 Å². The summed E-state index contributed by atoms with van der Waals surface area (Å²) in [6, 6.07) is 1.53. The Bertz CT molecular complexity index is 430. The van der Waals surface area contributed by atoms with Crippen LogP contribution in [0, 0.1) is 5.92 Å². The Morgan fingerprint density at radius 3 is 2.56 bits per heavy atom. The van der Waals surface area contributed by atoms with E-state index in [2.05, 4.69) is 5.32 Å². The van der Waals surface area contributed by atoms with Gasteiger partial charge in [-0.25, -0.2) is 0 Å². The van der Waals surface area contributed by atoms with E-state index in [1.807, 2.05) is 13.8 Å². The molecule has 0 bridgehead atoms. The Morgan fingerprint density at radius 2 is 2.11 bits per heavy atom. The maximum Gasteiger partial charge on any atom is 0.267 e. The van der Waals surface area contributed by atoms with Gasteiger partial charge in [-0.3, -0.25) is 4.79 Å². The van der Waals surface area contributed by atoms with Crippen LogP contribution in [0.1, 0.15) is 30.8 Å². The Hall–Kier alpha value is -0.710. The molecule has 1 aromatic heterocycles. The number of amides is 1. The molecule has 0 saturated heterocycles. The molecule has 0 aromatic carbocycles. The van der Waals surface area contributed by atoms with Crippen LogP contribution in [-0.2, 0) is 7.05 Å². The zero-order chi connectivity index (χ0) is 13.9. The topological polar surface area (TPSA) is 54.3 Å². The molecule has 0 spiro atoms. The molecule has 0 aliphatic rings. The van der Waals surface area contributed by atoms with Crippen molar-refractivity contribution < 1.29 is 9.90 Å². The van der Waals surface area contributed by atoms with Gasteiger partial charge in [0.1, 0.15) is 10.8 Å². The number of hydrogen-bond acceptors (Lipinski definition) is 2. The molecule has 1 heterocycles. The van der Waals surface area contributed by atoms with Crippen LogP contribution in [0.3, 0.4) is 0 Å². The molecule has 4 nitrogen and oxygen atoms in total. The van der Waals surface area contributed by atoms with Crippen LogP contribution in [0.25, 0.3) is 0 Å². The van der Waals surface area contributed by atoms with E-state index in [1.165, 1.54) is 10.6 Å². The summed E-state index contributed by atoms with van der Waals surface area (Å²) in [5.74, 6) is -0.0666. The van der Waals surface area contributed by atoms with Gasteiger partial charge >= 0.3 is 0 Å². The van der Waals surface area contributed by atoms with Crippen molar-refractivity contribution in [1.82, 2.24) is 9.88 Å². The normalized spacial score (nSPS) is 12.8. The average molecular weight is 293 g/mol. The van der Waals surface area contributed by atoms with Crippen LogP contribution in [-0.4, -0.2) is 28.2 Å². The summed E-state index contributed by atoms with van der Waals surface area (Å²) >= 11 is 11.7. The number of carbonyl (C=O) groups excluding carboxylic acids is 1. The van der Waals surface area contributed by atoms with Crippen molar-refractivity contribution in [3.05, 3.63) is 21.9 Å². The summed E-state index contributed by atoms with van der Waals surface area (Å²) < 4.78 is 1.53. The number of hydrogen-bond donors (Lipinski definition) is 2. The van der Waals surface area contributed by atoms with Crippen molar-refractivity contribution >= 4 is 29.1 Å². The Kier molecular flexibility index (Phi) is 5.50. The molecular formula is C12H18Cl2N2O2. The standard InChI is InChI=1S/C12H18Cl2N2O2/c1-7(2)10(17)4-5-15-12(18)9-6-8(13)11(14)16(9)3/h6-7,10,17H,4-5H2,1-3H3,(H,15,18). The average Bonchev–Trinajstić information content (AvgIpc) is 2.56. The van der Waals surface area contributed by atoms with Crippen molar-refractivity contribution in [3.8, 4) is 0 Å². The Labute approximate surface area is 117 Å². The SMILES string of the molecule is CC(C)C(O)CCNC(=O)c1cc(Cl)c(Cl)n1C. The lowest BCUT2D eigenvalue weighted by atomic mass is 10.0. The lowest BCUT2D eigenvalue weighted by Gasteiger charge is -2.14. The predicted octanol–water partition coefficient (Wildman–Crippen LogP) is 2.47. The minimum Gasteiger partial charge on any atom is -0.393 e. The first-order valence-electron chi connectivity index (χ1n) is 5.81. The van der Waals surface area contributed by atoms with Gasteiger partial charge in [0.25, 0.3) is 5.91 Å². The van der Waals surface area contributed by atoms with E-state index in [0.717, 1.165) is 0 Å². The largest absolute Gasteiger partial charge is 0.393 e. The number of rotatable bonds is 5. The van der Waals surface area contributed by atoms with E-state index in [9.17, 15) is 9.90 Å². The lowest BCUT2D eigenvalue weighted by molar-refractivity contribution is 0.0913. The van der Waals surface area contributed by atoms with Crippen LogP contribution >= 0.6 is 23.2 Å². The second kappa shape index (κ2) is 6.45. The van der Waals surface area contributed by atoms with Gasteiger partial charge in [0.15, 0.2) is 0 Å². The predicted molar refractivity (Wildman–Crippen MR) is 73.2 cm³/mol. The number of aliphatic hydroxyl groups is 1. The molecule has 1 unspecified atom stereocenters. The fourth-order valence-corrected chi connectivity index (χ4v) is 1.89. The van der Waals surface area contributed by atoms with E-state index >= 15 is 0 Å². The third-order valence-corrected chi connectivity index (χ3v) is 3.69. The van der Waals surface area contributed by atoms with Crippen LogP contribution in [0.4, 0.5) is 0 Å². The first kappa shape index (κ1) is 15.3. The quantitative estimate of drug-likeness (QED) is 0.876. The summed E-state index contributed by atoms with van der Waals surface area (Å²) in [7, 11) is 1.67. The van der Waals surface area contributed by atoms with Crippen molar-refractivity contribution in [2.45, 2.75) is 26.4 Å². The van der Waals surface area contributed by atoms with Gasteiger partial charge in [-0.05, 0) is 18.4 Å². The highest BCUT2D eigenvalue weighted by Gasteiger charge is 2.16. The fourth-order valence-electron chi connectivity index (χ4n) is 1.52. The molecule has 0 saturated carbocycles. The number of aliphatic hydroxyl groups excluding tert-OH is 1. The van der Waals surface area contributed by atoms with Gasteiger partial charge in [-0.2, -0.15) is 0 Å². The maximum absolute atomic E-state index is 11.9. The molecular weight excluding hydrogens is 275 g/mol. The molecule has 1 atom stereocenters. The van der Waals surface area contributed by atoms with Gasteiger partial charge in [-0.1, -0.05) is 37.0 Å². The second-order valence-electron chi connectivity index (χ2n) is 4.58. The Balaban J connectivity index is 2.53. The Morgan fingerprint density at radius 1 is 1.50 bits per heavy atom. The van der Waals surface area contributed by atoms with Crippen LogP contribution in [0.15, 0.2) is 6.07 Å².